The molecule has 24 heavy (non-hydrogen) atoms. The molecule has 0 spiro atoms. The Morgan fingerprint density at radius 2 is 2.17 bits per heavy atom. The molecule has 0 bridgehead atoms. The molecule has 3 aromatic rings. The Labute approximate surface area is 145 Å². The van der Waals surface area contributed by atoms with Crippen molar-refractivity contribution in [2.45, 2.75) is 32.2 Å². The van der Waals surface area contributed by atoms with Crippen LogP contribution in [-0.4, -0.2) is 28.4 Å². The number of rotatable bonds is 7. The normalized spacial score (nSPS) is 12.2. The van der Waals surface area contributed by atoms with E-state index in [0.29, 0.717) is 6.42 Å². The number of amides is 1. The molecule has 0 unspecified atom stereocenters. The zero-order valence-corrected chi connectivity index (χ0v) is 14.7. The molecular formula is C18H21N3O2S. The Kier molecular flexibility index (Phi) is 5.15. The second-order valence-corrected chi connectivity index (χ2v) is 6.73. The highest BCUT2D eigenvalue weighted by Crippen LogP contribution is 2.14. The molecule has 0 saturated heterocycles. The van der Waals surface area contributed by atoms with Gasteiger partial charge in [0, 0.05) is 23.8 Å². The van der Waals surface area contributed by atoms with Crippen molar-refractivity contribution < 1.29 is 9.53 Å². The molecule has 5 nitrogen and oxygen atoms in total. The summed E-state index contributed by atoms with van der Waals surface area (Å²) in [7, 11) is 1.66. The number of methoxy groups -OCH3 is 1. The van der Waals surface area contributed by atoms with Crippen LogP contribution in [0.4, 0.5) is 0 Å². The molecule has 0 aliphatic heterocycles. The Balaban J connectivity index is 1.45. The molecule has 1 aromatic carbocycles. The van der Waals surface area contributed by atoms with Crippen LogP contribution >= 0.6 is 11.3 Å². The SMILES string of the molecule is COc1ccc(CC[C@H](C)NC(=O)Cc2cn3ccsc3n2)cc1. The topological polar surface area (TPSA) is 55.6 Å². The van der Waals surface area contributed by atoms with Crippen molar-refractivity contribution in [3.63, 3.8) is 0 Å². The second-order valence-electron chi connectivity index (χ2n) is 5.86. The summed E-state index contributed by atoms with van der Waals surface area (Å²) in [5.41, 5.74) is 2.05. The smallest absolute Gasteiger partial charge is 0.226 e. The van der Waals surface area contributed by atoms with Crippen molar-refractivity contribution in [2.24, 2.45) is 0 Å². The average Bonchev–Trinajstić information content (AvgIpc) is 3.14. The molecule has 2 aromatic heterocycles. The van der Waals surface area contributed by atoms with Crippen molar-refractivity contribution in [2.75, 3.05) is 7.11 Å². The number of benzene rings is 1. The fraction of sp³-hybridized carbons (Fsp3) is 0.333. The zero-order chi connectivity index (χ0) is 16.9. The lowest BCUT2D eigenvalue weighted by atomic mass is 10.1. The maximum atomic E-state index is 12.1. The van der Waals surface area contributed by atoms with Crippen molar-refractivity contribution in [1.82, 2.24) is 14.7 Å². The molecule has 6 heteroatoms. The number of carbonyl (C=O) groups is 1. The van der Waals surface area contributed by atoms with Crippen LogP contribution < -0.4 is 10.1 Å². The Morgan fingerprint density at radius 1 is 1.38 bits per heavy atom. The Hall–Kier alpha value is -2.34. The van der Waals surface area contributed by atoms with Gasteiger partial charge in [0.05, 0.1) is 19.2 Å². The van der Waals surface area contributed by atoms with E-state index in [1.807, 2.05) is 41.2 Å². The maximum Gasteiger partial charge on any atom is 0.226 e. The molecule has 0 aliphatic carbocycles. The number of imidazole rings is 1. The van der Waals surface area contributed by atoms with Gasteiger partial charge < -0.3 is 10.1 Å². The van der Waals surface area contributed by atoms with Gasteiger partial charge in [-0.05, 0) is 37.5 Å². The standard InChI is InChI=1S/C18H21N3O2S/c1-13(3-4-14-5-7-16(23-2)8-6-14)19-17(22)11-15-12-21-9-10-24-18(21)20-15/h5-10,12-13H,3-4,11H2,1-2H3,(H,19,22)/t13-/m0/s1. The summed E-state index contributed by atoms with van der Waals surface area (Å²) in [5, 5.41) is 5.03. The van der Waals surface area contributed by atoms with E-state index in [2.05, 4.69) is 22.4 Å². The first kappa shape index (κ1) is 16.5. The average molecular weight is 343 g/mol. The summed E-state index contributed by atoms with van der Waals surface area (Å²) in [4.78, 5) is 17.5. The summed E-state index contributed by atoms with van der Waals surface area (Å²) in [6.45, 7) is 2.03. The minimum Gasteiger partial charge on any atom is -0.497 e. The number of aromatic nitrogens is 2. The van der Waals surface area contributed by atoms with E-state index in [-0.39, 0.29) is 11.9 Å². The first-order valence-electron chi connectivity index (χ1n) is 7.97. The van der Waals surface area contributed by atoms with Gasteiger partial charge in [-0.2, -0.15) is 0 Å². The highest BCUT2D eigenvalue weighted by molar-refractivity contribution is 7.15. The number of thiazole rings is 1. The molecule has 0 fully saturated rings. The van der Waals surface area contributed by atoms with Gasteiger partial charge in [0.1, 0.15) is 5.75 Å². The fourth-order valence-electron chi connectivity index (χ4n) is 2.60. The minimum absolute atomic E-state index is 0.0167. The van der Waals surface area contributed by atoms with Crippen LogP contribution in [0.1, 0.15) is 24.6 Å². The second kappa shape index (κ2) is 7.49. The van der Waals surface area contributed by atoms with Gasteiger partial charge in [-0.15, -0.1) is 11.3 Å². The van der Waals surface area contributed by atoms with E-state index in [1.54, 1.807) is 18.4 Å². The van der Waals surface area contributed by atoms with Crippen LogP contribution in [0.2, 0.25) is 0 Å². The molecule has 0 saturated carbocycles. The molecule has 1 N–H and O–H groups in total. The van der Waals surface area contributed by atoms with Gasteiger partial charge in [-0.1, -0.05) is 12.1 Å². The first-order chi connectivity index (χ1) is 11.6. The number of nitrogens with one attached hydrogen (secondary N) is 1. The van der Waals surface area contributed by atoms with Gasteiger partial charge in [0.15, 0.2) is 4.96 Å². The largest absolute Gasteiger partial charge is 0.497 e. The highest BCUT2D eigenvalue weighted by atomic mass is 32.1. The predicted octanol–water partition coefficient (Wildman–Crippen LogP) is 3.08. The number of carbonyl (C=O) groups excluding carboxylic acids is 1. The van der Waals surface area contributed by atoms with E-state index in [0.717, 1.165) is 29.2 Å². The zero-order valence-electron chi connectivity index (χ0n) is 13.9. The number of hydrogen-bond donors (Lipinski definition) is 1. The first-order valence-corrected chi connectivity index (χ1v) is 8.85. The third kappa shape index (κ3) is 4.14. The van der Waals surface area contributed by atoms with Crippen molar-refractivity contribution in [3.8, 4) is 5.75 Å². The van der Waals surface area contributed by atoms with E-state index in [1.165, 1.54) is 5.56 Å². The molecule has 2 heterocycles. The van der Waals surface area contributed by atoms with Crippen molar-refractivity contribution >= 4 is 22.2 Å². The molecule has 3 rings (SSSR count). The summed E-state index contributed by atoms with van der Waals surface area (Å²) in [5.74, 6) is 0.878. The van der Waals surface area contributed by atoms with E-state index >= 15 is 0 Å². The lowest BCUT2D eigenvalue weighted by Crippen LogP contribution is -2.34. The van der Waals surface area contributed by atoms with Gasteiger partial charge in [-0.3, -0.25) is 9.20 Å². The van der Waals surface area contributed by atoms with Gasteiger partial charge in [0.25, 0.3) is 0 Å². The molecule has 1 amide bonds. The third-order valence-electron chi connectivity index (χ3n) is 3.92. The van der Waals surface area contributed by atoms with Crippen molar-refractivity contribution in [3.05, 3.63) is 53.3 Å². The van der Waals surface area contributed by atoms with Crippen molar-refractivity contribution in [1.29, 1.82) is 0 Å². The van der Waals surface area contributed by atoms with Crippen LogP contribution in [-0.2, 0) is 17.6 Å². The Morgan fingerprint density at radius 3 is 2.88 bits per heavy atom. The van der Waals surface area contributed by atoms with Crippen LogP contribution in [0, 0.1) is 0 Å². The van der Waals surface area contributed by atoms with Crippen LogP contribution in [0.25, 0.3) is 4.96 Å². The van der Waals surface area contributed by atoms with Crippen LogP contribution in [0.15, 0.2) is 42.0 Å². The summed E-state index contributed by atoms with van der Waals surface area (Å²) in [6.07, 6.45) is 6.00. The lowest BCUT2D eigenvalue weighted by Gasteiger charge is -2.13. The van der Waals surface area contributed by atoms with Gasteiger partial charge >= 0.3 is 0 Å². The maximum absolute atomic E-state index is 12.1. The van der Waals surface area contributed by atoms with Crippen LogP contribution in [0.3, 0.4) is 0 Å². The fourth-order valence-corrected chi connectivity index (χ4v) is 3.32. The summed E-state index contributed by atoms with van der Waals surface area (Å²) in [6, 6.07) is 8.17. The quantitative estimate of drug-likeness (QED) is 0.717. The number of nitrogens with zero attached hydrogens (tertiary/aromatic N) is 2. The number of hydrogen-bond acceptors (Lipinski definition) is 4. The Bertz CT molecular complexity index is 779. The minimum atomic E-state index is 0.0167. The number of aryl methyl sites for hydroxylation is 1. The number of fused-ring (bicyclic) bond motifs is 1. The summed E-state index contributed by atoms with van der Waals surface area (Å²) >= 11 is 1.57. The lowest BCUT2D eigenvalue weighted by molar-refractivity contribution is -0.121. The molecule has 0 aliphatic rings. The molecule has 0 radical (unpaired) electrons. The molecule has 1 atom stereocenters. The molecular weight excluding hydrogens is 322 g/mol. The van der Waals surface area contributed by atoms with E-state index in [4.69, 9.17) is 4.74 Å². The summed E-state index contributed by atoms with van der Waals surface area (Å²) < 4.78 is 7.10. The van der Waals surface area contributed by atoms with E-state index < -0.39 is 0 Å². The monoisotopic (exact) mass is 343 g/mol. The van der Waals surface area contributed by atoms with Gasteiger partial charge in [-0.25, -0.2) is 4.98 Å². The van der Waals surface area contributed by atoms with E-state index in [9.17, 15) is 4.79 Å². The predicted molar refractivity (Wildman–Crippen MR) is 95.7 cm³/mol. The number of ether oxygens (including phenoxy) is 1. The van der Waals surface area contributed by atoms with Crippen LogP contribution in [0.5, 0.6) is 5.75 Å². The molecule has 126 valence electrons. The highest BCUT2D eigenvalue weighted by Gasteiger charge is 2.11. The van der Waals surface area contributed by atoms with Gasteiger partial charge in [0.2, 0.25) is 5.91 Å². The third-order valence-corrected chi connectivity index (χ3v) is 4.69.